The zero-order valence-electron chi connectivity index (χ0n) is 10.8. The fourth-order valence-corrected chi connectivity index (χ4v) is 3.39. The number of hydrogen-bond donors (Lipinski definition) is 1. The third-order valence-corrected chi connectivity index (χ3v) is 4.39. The van der Waals surface area contributed by atoms with Crippen LogP contribution in [0.5, 0.6) is 0 Å². The SMILES string of the molecule is NC(=O)C(=CC1CCCCC1)C1CCCCC1. The molecule has 0 aromatic heterocycles. The Labute approximate surface area is 105 Å². The fraction of sp³-hybridized carbons (Fsp3) is 0.800. The third kappa shape index (κ3) is 3.58. The molecule has 0 aliphatic heterocycles. The predicted octanol–water partition coefficient (Wildman–Crippen LogP) is 3.56. The van der Waals surface area contributed by atoms with Gasteiger partial charge in [0.2, 0.25) is 5.91 Å². The Morgan fingerprint density at radius 2 is 1.41 bits per heavy atom. The molecule has 2 aliphatic carbocycles. The van der Waals surface area contributed by atoms with Gasteiger partial charge in [-0.15, -0.1) is 0 Å². The second-order valence-electron chi connectivity index (χ2n) is 5.72. The molecule has 2 N–H and O–H groups in total. The largest absolute Gasteiger partial charge is 0.366 e. The lowest BCUT2D eigenvalue weighted by molar-refractivity contribution is -0.115. The molecule has 0 atom stereocenters. The monoisotopic (exact) mass is 235 g/mol. The van der Waals surface area contributed by atoms with E-state index in [1.54, 1.807) is 0 Å². The second-order valence-corrected chi connectivity index (χ2v) is 5.72. The van der Waals surface area contributed by atoms with E-state index < -0.39 is 0 Å². The van der Waals surface area contributed by atoms with Crippen LogP contribution in [0.3, 0.4) is 0 Å². The number of primary amides is 1. The molecule has 2 fully saturated rings. The van der Waals surface area contributed by atoms with Crippen LogP contribution in [-0.4, -0.2) is 5.91 Å². The zero-order chi connectivity index (χ0) is 12.1. The molecule has 0 heterocycles. The van der Waals surface area contributed by atoms with Crippen molar-refractivity contribution >= 4 is 5.91 Å². The lowest BCUT2D eigenvalue weighted by Crippen LogP contribution is -2.23. The van der Waals surface area contributed by atoms with Crippen molar-refractivity contribution < 1.29 is 4.79 Å². The van der Waals surface area contributed by atoms with E-state index in [0.717, 1.165) is 5.57 Å². The van der Waals surface area contributed by atoms with Crippen molar-refractivity contribution in [2.24, 2.45) is 17.6 Å². The molecule has 0 spiro atoms. The molecule has 1 amide bonds. The van der Waals surface area contributed by atoms with E-state index in [-0.39, 0.29) is 5.91 Å². The number of allylic oxidation sites excluding steroid dienone is 1. The molecule has 0 unspecified atom stereocenters. The van der Waals surface area contributed by atoms with Crippen LogP contribution >= 0.6 is 0 Å². The van der Waals surface area contributed by atoms with Crippen molar-refractivity contribution in [3.63, 3.8) is 0 Å². The molecule has 2 nitrogen and oxygen atoms in total. The van der Waals surface area contributed by atoms with E-state index in [1.807, 2.05) is 0 Å². The minimum atomic E-state index is -0.164. The summed E-state index contributed by atoms with van der Waals surface area (Å²) < 4.78 is 0. The van der Waals surface area contributed by atoms with Crippen LogP contribution in [-0.2, 0) is 4.79 Å². The van der Waals surface area contributed by atoms with Crippen molar-refractivity contribution in [3.05, 3.63) is 11.6 Å². The zero-order valence-corrected chi connectivity index (χ0v) is 10.8. The topological polar surface area (TPSA) is 43.1 Å². The van der Waals surface area contributed by atoms with Crippen molar-refractivity contribution in [2.45, 2.75) is 64.2 Å². The van der Waals surface area contributed by atoms with Crippen LogP contribution in [0.15, 0.2) is 11.6 Å². The number of hydrogen-bond acceptors (Lipinski definition) is 1. The van der Waals surface area contributed by atoms with E-state index in [0.29, 0.717) is 11.8 Å². The summed E-state index contributed by atoms with van der Waals surface area (Å²) >= 11 is 0. The minimum absolute atomic E-state index is 0.164. The number of rotatable bonds is 3. The maximum Gasteiger partial charge on any atom is 0.244 e. The van der Waals surface area contributed by atoms with E-state index in [9.17, 15) is 4.79 Å². The van der Waals surface area contributed by atoms with Crippen LogP contribution in [0.1, 0.15) is 64.2 Å². The summed E-state index contributed by atoms with van der Waals surface area (Å²) in [5.74, 6) is 0.916. The predicted molar refractivity (Wildman–Crippen MR) is 70.4 cm³/mol. The molecule has 2 heteroatoms. The van der Waals surface area contributed by atoms with E-state index in [2.05, 4.69) is 6.08 Å². The van der Waals surface area contributed by atoms with Gasteiger partial charge < -0.3 is 5.73 Å². The summed E-state index contributed by atoms with van der Waals surface area (Å²) in [4.78, 5) is 11.6. The molecule has 0 radical (unpaired) electrons. The Hall–Kier alpha value is -0.790. The Bertz CT molecular complexity index is 283. The van der Waals surface area contributed by atoms with Gasteiger partial charge in [0.05, 0.1) is 0 Å². The van der Waals surface area contributed by atoms with Gasteiger partial charge in [0.1, 0.15) is 0 Å². The van der Waals surface area contributed by atoms with E-state index in [1.165, 1.54) is 64.2 Å². The molecular formula is C15H25NO. The lowest BCUT2D eigenvalue weighted by atomic mass is 9.80. The molecule has 0 saturated heterocycles. The molecule has 0 bridgehead atoms. The summed E-state index contributed by atoms with van der Waals surface area (Å²) in [5.41, 5.74) is 6.53. The van der Waals surface area contributed by atoms with Crippen LogP contribution in [0.25, 0.3) is 0 Å². The smallest absolute Gasteiger partial charge is 0.244 e. The lowest BCUT2D eigenvalue weighted by Gasteiger charge is -2.25. The number of amides is 1. The minimum Gasteiger partial charge on any atom is -0.366 e. The highest BCUT2D eigenvalue weighted by Gasteiger charge is 2.23. The van der Waals surface area contributed by atoms with Gasteiger partial charge in [0.25, 0.3) is 0 Å². The van der Waals surface area contributed by atoms with E-state index >= 15 is 0 Å². The Morgan fingerprint density at radius 1 is 0.882 bits per heavy atom. The Balaban J connectivity index is 2.04. The fourth-order valence-electron chi connectivity index (χ4n) is 3.39. The van der Waals surface area contributed by atoms with Gasteiger partial charge >= 0.3 is 0 Å². The second kappa shape index (κ2) is 6.23. The first-order valence-corrected chi connectivity index (χ1v) is 7.29. The third-order valence-electron chi connectivity index (χ3n) is 4.39. The quantitative estimate of drug-likeness (QED) is 0.747. The highest BCUT2D eigenvalue weighted by molar-refractivity contribution is 5.92. The average Bonchev–Trinajstić information content (AvgIpc) is 2.38. The van der Waals surface area contributed by atoms with Crippen molar-refractivity contribution in [2.75, 3.05) is 0 Å². The normalized spacial score (nSPS) is 24.8. The number of nitrogens with two attached hydrogens (primary N) is 1. The first kappa shape index (κ1) is 12.7. The average molecular weight is 235 g/mol. The number of carbonyl (C=O) groups is 1. The van der Waals surface area contributed by atoms with Gasteiger partial charge in [-0.2, -0.15) is 0 Å². The summed E-state index contributed by atoms with van der Waals surface area (Å²) in [6, 6.07) is 0. The van der Waals surface area contributed by atoms with Crippen molar-refractivity contribution in [1.82, 2.24) is 0 Å². The molecule has 2 rings (SSSR count). The van der Waals surface area contributed by atoms with Gasteiger partial charge in [0.15, 0.2) is 0 Å². The Kier molecular flexibility index (Phi) is 4.64. The summed E-state index contributed by atoms with van der Waals surface area (Å²) in [7, 11) is 0. The van der Waals surface area contributed by atoms with Crippen LogP contribution in [0.4, 0.5) is 0 Å². The Morgan fingerprint density at radius 3 is 1.94 bits per heavy atom. The molecule has 96 valence electrons. The van der Waals surface area contributed by atoms with Gasteiger partial charge in [-0.1, -0.05) is 44.6 Å². The maximum atomic E-state index is 11.6. The standard InChI is InChI=1S/C15H25NO/c16-15(17)14(13-9-5-2-6-10-13)11-12-7-3-1-4-8-12/h11-13H,1-10H2,(H2,16,17). The first-order valence-electron chi connectivity index (χ1n) is 7.29. The van der Waals surface area contributed by atoms with E-state index in [4.69, 9.17) is 5.73 Å². The van der Waals surface area contributed by atoms with Crippen LogP contribution in [0, 0.1) is 11.8 Å². The summed E-state index contributed by atoms with van der Waals surface area (Å²) in [6.45, 7) is 0. The highest BCUT2D eigenvalue weighted by atomic mass is 16.1. The molecule has 2 saturated carbocycles. The van der Waals surface area contributed by atoms with Gasteiger partial charge in [-0.25, -0.2) is 0 Å². The summed E-state index contributed by atoms with van der Waals surface area (Å²) in [6.07, 6.45) is 14.9. The van der Waals surface area contributed by atoms with Crippen molar-refractivity contribution in [1.29, 1.82) is 0 Å². The van der Waals surface area contributed by atoms with Gasteiger partial charge in [0, 0.05) is 5.57 Å². The van der Waals surface area contributed by atoms with Crippen molar-refractivity contribution in [3.8, 4) is 0 Å². The van der Waals surface area contributed by atoms with Gasteiger partial charge in [-0.3, -0.25) is 4.79 Å². The molecule has 17 heavy (non-hydrogen) atoms. The summed E-state index contributed by atoms with van der Waals surface area (Å²) in [5, 5.41) is 0. The molecule has 0 aromatic rings. The first-order chi connectivity index (χ1) is 8.27. The van der Waals surface area contributed by atoms with Crippen LogP contribution in [0.2, 0.25) is 0 Å². The maximum absolute atomic E-state index is 11.6. The molecule has 2 aliphatic rings. The molecular weight excluding hydrogens is 210 g/mol. The number of carbonyl (C=O) groups excluding carboxylic acids is 1. The van der Waals surface area contributed by atoms with Gasteiger partial charge in [-0.05, 0) is 37.5 Å². The highest BCUT2D eigenvalue weighted by Crippen LogP contribution is 2.33. The van der Waals surface area contributed by atoms with Crippen LogP contribution < -0.4 is 5.73 Å². The molecule has 0 aromatic carbocycles.